The minimum Gasteiger partial charge on any atom is -0.436 e. The number of rotatable bonds is 5. The monoisotopic (exact) mass is 338 g/mol. The molecule has 1 N–H and O–H groups in total. The first kappa shape index (κ1) is 14.9. The van der Waals surface area contributed by atoms with Crippen molar-refractivity contribution in [3.05, 3.63) is 51.9 Å². The highest BCUT2D eigenvalue weighted by Crippen LogP contribution is 2.27. The van der Waals surface area contributed by atoms with Crippen LogP contribution >= 0.6 is 15.9 Å². The summed E-state index contributed by atoms with van der Waals surface area (Å²) in [6, 6.07) is 8.41. The van der Waals surface area contributed by atoms with Gasteiger partial charge in [-0.25, -0.2) is 9.37 Å². The SMILES string of the molecule is CCc1cc(CNC)cc(Oc2cc(Br)ccc2F)n1. The normalized spacial score (nSPS) is 10.6. The second-order valence-corrected chi connectivity index (χ2v) is 5.28. The molecule has 0 amide bonds. The van der Waals surface area contributed by atoms with Gasteiger partial charge >= 0.3 is 0 Å². The number of ether oxygens (including phenoxy) is 1. The van der Waals surface area contributed by atoms with Gasteiger partial charge in [-0.05, 0) is 43.3 Å². The summed E-state index contributed by atoms with van der Waals surface area (Å²) in [4.78, 5) is 4.37. The van der Waals surface area contributed by atoms with Crippen LogP contribution in [0.2, 0.25) is 0 Å². The van der Waals surface area contributed by atoms with E-state index >= 15 is 0 Å². The third-order valence-electron chi connectivity index (χ3n) is 2.77. The van der Waals surface area contributed by atoms with Gasteiger partial charge in [0.25, 0.3) is 0 Å². The maximum absolute atomic E-state index is 13.7. The number of nitrogens with one attached hydrogen (secondary N) is 1. The van der Waals surface area contributed by atoms with Crippen LogP contribution in [-0.4, -0.2) is 12.0 Å². The summed E-state index contributed by atoms with van der Waals surface area (Å²) in [6.07, 6.45) is 0.800. The Hall–Kier alpha value is -1.46. The van der Waals surface area contributed by atoms with Crippen LogP contribution in [0.3, 0.4) is 0 Å². The number of hydrogen-bond donors (Lipinski definition) is 1. The summed E-state index contributed by atoms with van der Waals surface area (Å²) in [5, 5.41) is 3.08. The van der Waals surface area contributed by atoms with Crippen LogP contribution in [0.4, 0.5) is 4.39 Å². The van der Waals surface area contributed by atoms with Gasteiger partial charge in [0.1, 0.15) is 0 Å². The van der Waals surface area contributed by atoms with Gasteiger partial charge in [0, 0.05) is 22.8 Å². The van der Waals surface area contributed by atoms with Gasteiger partial charge in [0.05, 0.1) is 0 Å². The first-order chi connectivity index (χ1) is 9.62. The molecule has 0 aliphatic heterocycles. The number of hydrogen-bond acceptors (Lipinski definition) is 3. The molecule has 0 saturated carbocycles. The van der Waals surface area contributed by atoms with Crippen molar-refractivity contribution in [3.8, 4) is 11.6 Å². The highest BCUT2D eigenvalue weighted by molar-refractivity contribution is 9.10. The second kappa shape index (κ2) is 6.81. The Bertz CT molecular complexity index is 604. The second-order valence-electron chi connectivity index (χ2n) is 4.37. The zero-order chi connectivity index (χ0) is 14.5. The molecule has 2 aromatic rings. The Morgan fingerprint density at radius 2 is 2.10 bits per heavy atom. The van der Waals surface area contributed by atoms with E-state index in [9.17, 15) is 4.39 Å². The Balaban J connectivity index is 2.32. The van der Waals surface area contributed by atoms with E-state index in [1.54, 1.807) is 12.1 Å². The largest absolute Gasteiger partial charge is 0.436 e. The fourth-order valence-corrected chi connectivity index (χ4v) is 2.17. The van der Waals surface area contributed by atoms with E-state index in [2.05, 4.69) is 26.2 Å². The number of benzene rings is 1. The predicted molar refractivity (Wildman–Crippen MR) is 80.6 cm³/mol. The van der Waals surface area contributed by atoms with Gasteiger partial charge < -0.3 is 10.1 Å². The predicted octanol–water partition coefficient (Wildman–Crippen LogP) is 4.06. The van der Waals surface area contributed by atoms with Crippen LogP contribution < -0.4 is 10.1 Å². The van der Waals surface area contributed by atoms with Gasteiger partial charge in [-0.15, -0.1) is 0 Å². The molecule has 0 atom stereocenters. The molecule has 1 aromatic carbocycles. The van der Waals surface area contributed by atoms with E-state index < -0.39 is 5.82 Å². The molecule has 5 heteroatoms. The van der Waals surface area contributed by atoms with Crippen molar-refractivity contribution >= 4 is 15.9 Å². The minimum atomic E-state index is -0.410. The van der Waals surface area contributed by atoms with Crippen molar-refractivity contribution in [1.29, 1.82) is 0 Å². The number of aryl methyl sites for hydroxylation is 1. The van der Waals surface area contributed by atoms with E-state index in [1.807, 2.05) is 26.1 Å². The van der Waals surface area contributed by atoms with Crippen LogP contribution in [-0.2, 0) is 13.0 Å². The summed E-state index contributed by atoms with van der Waals surface area (Å²) in [5.74, 6) is 0.161. The molecule has 0 aliphatic rings. The molecule has 3 nitrogen and oxygen atoms in total. The van der Waals surface area contributed by atoms with Crippen molar-refractivity contribution in [1.82, 2.24) is 10.3 Å². The third-order valence-corrected chi connectivity index (χ3v) is 3.26. The van der Waals surface area contributed by atoms with Crippen LogP contribution in [0.5, 0.6) is 11.6 Å². The molecule has 0 radical (unpaired) electrons. The number of aromatic nitrogens is 1. The van der Waals surface area contributed by atoms with Gasteiger partial charge in [-0.2, -0.15) is 0 Å². The Morgan fingerprint density at radius 1 is 1.30 bits per heavy atom. The number of nitrogens with zero attached hydrogens (tertiary/aromatic N) is 1. The first-order valence-corrected chi connectivity index (χ1v) is 7.19. The quantitative estimate of drug-likeness (QED) is 0.892. The molecule has 1 heterocycles. The van der Waals surface area contributed by atoms with E-state index in [-0.39, 0.29) is 5.75 Å². The molecule has 20 heavy (non-hydrogen) atoms. The smallest absolute Gasteiger partial charge is 0.219 e. The van der Waals surface area contributed by atoms with Crippen LogP contribution in [0.25, 0.3) is 0 Å². The number of halogens is 2. The summed E-state index contributed by atoms with van der Waals surface area (Å²) in [6.45, 7) is 2.74. The topological polar surface area (TPSA) is 34.1 Å². The van der Waals surface area contributed by atoms with Crippen LogP contribution in [0.15, 0.2) is 34.8 Å². The lowest BCUT2D eigenvalue weighted by atomic mass is 10.2. The summed E-state index contributed by atoms with van der Waals surface area (Å²) in [7, 11) is 1.88. The molecule has 2 rings (SSSR count). The Kier molecular flexibility index (Phi) is 5.09. The molecule has 0 unspecified atom stereocenters. The minimum absolute atomic E-state index is 0.163. The summed E-state index contributed by atoms with van der Waals surface area (Å²) >= 11 is 3.30. The zero-order valence-corrected chi connectivity index (χ0v) is 13.0. The number of pyridine rings is 1. The standard InChI is InChI=1S/C15H16BrFN2O/c1-3-12-6-10(9-18-2)7-15(19-12)20-14-8-11(16)4-5-13(14)17/h4-8,18H,3,9H2,1-2H3. The highest BCUT2D eigenvalue weighted by Gasteiger charge is 2.08. The average molecular weight is 339 g/mol. The van der Waals surface area contributed by atoms with Gasteiger partial charge in [-0.3, -0.25) is 0 Å². The average Bonchev–Trinajstić information content (AvgIpc) is 2.43. The molecular weight excluding hydrogens is 323 g/mol. The van der Waals surface area contributed by atoms with Gasteiger partial charge in [-0.1, -0.05) is 22.9 Å². The lowest BCUT2D eigenvalue weighted by molar-refractivity contribution is 0.425. The lowest BCUT2D eigenvalue weighted by Gasteiger charge is -2.10. The highest BCUT2D eigenvalue weighted by atomic mass is 79.9. The Morgan fingerprint density at radius 3 is 2.80 bits per heavy atom. The van der Waals surface area contributed by atoms with Gasteiger partial charge in [0.15, 0.2) is 11.6 Å². The molecular formula is C15H16BrFN2O. The molecule has 0 bridgehead atoms. The van der Waals surface area contributed by atoms with E-state index in [4.69, 9.17) is 4.74 Å². The maximum Gasteiger partial charge on any atom is 0.219 e. The van der Waals surface area contributed by atoms with Crippen molar-refractivity contribution in [2.45, 2.75) is 19.9 Å². The van der Waals surface area contributed by atoms with Crippen molar-refractivity contribution < 1.29 is 9.13 Å². The van der Waals surface area contributed by atoms with Gasteiger partial charge in [0.2, 0.25) is 5.88 Å². The molecule has 106 valence electrons. The lowest BCUT2D eigenvalue weighted by Crippen LogP contribution is -2.06. The fourth-order valence-electron chi connectivity index (χ4n) is 1.83. The molecule has 1 aromatic heterocycles. The zero-order valence-electron chi connectivity index (χ0n) is 11.4. The fraction of sp³-hybridized carbons (Fsp3) is 0.267. The van der Waals surface area contributed by atoms with E-state index in [1.165, 1.54) is 6.07 Å². The first-order valence-electron chi connectivity index (χ1n) is 6.39. The third kappa shape index (κ3) is 3.77. The Labute approximate surface area is 126 Å². The van der Waals surface area contributed by atoms with Crippen LogP contribution in [0, 0.1) is 5.82 Å². The summed E-state index contributed by atoms with van der Waals surface area (Å²) < 4.78 is 20.0. The van der Waals surface area contributed by atoms with Crippen molar-refractivity contribution in [2.24, 2.45) is 0 Å². The van der Waals surface area contributed by atoms with Crippen molar-refractivity contribution in [2.75, 3.05) is 7.05 Å². The molecule has 0 saturated heterocycles. The molecule has 0 fully saturated rings. The molecule has 0 aliphatic carbocycles. The maximum atomic E-state index is 13.7. The van der Waals surface area contributed by atoms with Crippen molar-refractivity contribution in [3.63, 3.8) is 0 Å². The summed E-state index contributed by atoms with van der Waals surface area (Å²) in [5.41, 5.74) is 1.98. The van der Waals surface area contributed by atoms with E-state index in [0.717, 1.165) is 22.2 Å². The molecule has 0 spiro atoms. The van der Waals surface area contributed by atoms with Crippen LogP contribution in [0.1, 0.15) is 18.2 Å². The van der Waals surface area contributed by atoms with E-state index in [0.29, 0.717) is 12.4 Å².